The van der Waals surface area contributed by atoms with Crippen molar-refractivity contribution in [3.8, 4) is 0 Å². The maximum absolute atomic E-state index is 12.0. The third kappa shape index (κ3) is 2.35. The minimum absolute atomic E-state index is 0.0239. The lowest BCUT2D eigenvalue weighted by molar-refractivity contribution is -0.384. The summed E-state index contributed by atoms with van der Waals surface area (Å²) in [6.07, 6.45) is 4.08. The number of aromatic nitrogens is 1. The van der Waals surface area contributed by atoms with Crippen LogP contribution >= 0.6 is 0 Å². The molecule has 1 fully saturated rings. The molecular weight excluding hydrogens is 236 g/mol. The maximum atomic E-state index is 12.0. The molecule has 1 aliphatic rings. The van der Waals surface area contributed by atoms with Crippen LogP contribution in [0.5, 0.6) is 0 Å². The van der Waals surface area contributed by atoms with E-state index in [4.69, 9.17) is 5.73 Å². The van der Waals surface area contributed by atoms with E-state index in [1.54, 1.807) is 7.05 Å². The average Bonchev–Trinajstić information content (AvgIpc) is 2.86. The molecule has 98 valence electrons. The maximum Gasteiger partial charge on any atom is 0.287 e. The van der Waals surface area contributed by atoms with Gasteiger partial charge in [-0.2, -0.15) is 0 Å². The van der Waals surface area contributed by atoms with E-state index in [0.29, 0.717) is 0 Å². The Morgan fingerprint density at radius 3 is 2.83 bits per heavy atom. The number of hydrogen-bond acceptors (Lipinski definition) is 4. The first kappa shape index (κ1) is 12.6. The Labute approximate surface area is 104 Å². The quantitative estimate of drug-likeness (QED) is 0.605. The standard InChI is InChI=1S/C11H16N4O3/c1-14-6-7(15(17)18)5-10(14)11(16)13-9-4-2-3-8(9)12/h5-6,8-9H,2-4,12H2,1H3,(H,13,16). The summed E-state index contributed by atoms with van der Waals surface area (Å²) in [4.78, 5) is 22.1. The summed E-state index contributed by atoms with van der Waals surface area (Å²) >= 11 is 0. The summed E-state index contributed by atoms with van der Waals surface area (Å²) in [5.41, 5.74) is 6.06. The van der Waals surface area contributed by atoms with Gasteiger partial charge in [-0.25, -0.2) is 0 Å². The van der Waals surface area contributed by atoms with Gasteiger partial charge in [0.1, 0.15) is 5.69 Å². The third-order valence-corrected chi connectivity index (χ3v) is 3.32. The molecular formula is C11H16N4O3. The number of amides is 1. The molecule has 18 heavy (non-hydrogen) atoms. The molecule has 1 amide bonds. The second-order valence-corrected chi connectivity index (χ2v) is 4.63. The zero-order chi connectivity index (χ0) is 13.3. The fourth-order valence-electron chi connectivity index (χ4n) is 2.28. The van der Waals surface area contributed by atoms with Crippen molar-refractivity contribution < 1.29 is 9.72 Å². The van der Waals surface area contributed by atoms with Gasteiger partial charge in [-0.05, 0) is 19.3 Å². The van der Waals surface area contributed by atoms with Crippen LogP contribution in [0.2, 0.25) is 0 Å². The number of nitrogens with two attached hydrogens (primary N) is 1. The highest BCUT2D eigenvalue weighted by Crippen LogP contribution is 2.19. The fourth-order valence-corrected chi connectivity index (χ4v) is 2.28. The first-order valence-electron chi connectivity index (χ1n) is 5.86. The summed E-state index contributed by atoms with van der Waals surface area (Å²) in [5, 5.41) is 13.5. The Bertz CT molecular complexity index is 483. The van der Waals surface area contributed by atoms with Crippen molar-refractivity contribution in [2.75, 3.05) is 0 Å². The minimum atomic E-state index is -0.516. The second-order valence-electron chi connectivity index (χ2n) is 4.63. The molecule has 7 nitrogen and oxygen atoms in total. The van der Waals surface area contributed by atoms with Crippen LogP contribution in [0.25, 0.3) is 0 Å². The van der Waals surface area contributed by atoms with E-state index < -0.39 is 4.92 Å². The number of carbonyl (C=O) groups excluding carboxylic acids is 1. The van der Waals surface area contributed by atoms with Crippen molar-refractivity contribution in [1.82, 2.24) is 9.88 Å². The Balaban J connectivity index is 2.11. The van der Waals surface area contributed by atoms with Crippen molar-refractivity contribution in [2.24, 2.45) is 12.8 Å². The van der Waals surface area contributed by atoms with Gasteiger partial charge < -0.3 is 15.6 Å². The Kier molecular flexibility index (Phi) is 3.33. The van der Waals surface area contributed by atoms with Gasteiger partial charge in [0.05, 0.1) is 11.1 Å². The summed E-state index contributed by atoms with van der Waals surface area (Å²) in [7, 11) is 1.61. The van der Waals surface area contributed by atoms with Crippen LogP contribution in [0, 0.1) is 10.1 Å². The van der Waals surface area contributed by atoms with Gasteiger partial charge in [0.25, 0.3) is 11.6 Å². The number of rotatable bonds is 3. The van der Waals surface area contributed by atoms with Gasteiger partial charge in [0.15, 0.2) is 0 Å². The molecule has 1 heterocycles. The summed E-state index contributed by atoms with van der Waals surface area (Å²) < 4.78 is 1.45. The molecule has 0 aromatic carbocycles. The lowest BCUT2D eigenvalue weighted by Gasteiger charge is -2.17. The molecule has 3 N–H and O–H groups in total. The van der Waals surface area contributed by atoms with Crippen LogP contribution in [0.4, 0.5) is 5.69 Å². The molecule has 1 aromatic heterocycles. The summed E-state index contributed by atoms with van der Waals surface area (Å²) in [6, 6.07) is 1.21. The van der Waals surface area contributed by atoms with Crippen LogP contribution in [0.3, 0.4) is 0 Å². The summed E-state index contributed by atoms with van der Waals surface area (Å²) in [5.74, 6) is -0.312. The van der Waals surface area contributed by atoms with E-state index in [1.165, 1.54) is 16.8 Å². The van der Waals surface area contributed by atoms with Crippen molar-refractivity contribution in [3.63, 3.8) is 0 Å². The number of nitrogens with zero attached hydrogens (tertiary/aromatic N) is 2. The van der Waals surface area contributed by atoms with E-state index >= 15 is 0 Å². The van der Waals surface area contributed by atoms with Gasteiger partial charge in [0.2, 0.25) is 0 Å². The van der Waals surface area contributed by atoms with Gasteiger partial charge in [0, 0.05) is 25.2 Å². The fraction of sp³-hybridized carbons (Fsp3) is 0.545. The molecule has 0 bridgehead atoms. The predicted molar refractivity (Wildman–Crippen MR) is 65.1 cm³/mol. The molecule has 7 heteroatoms. The smallest absolute Gasteiger partial charge is 0.287 e. The number of nitrogens with one attached hydrogen (secondary N) is 1. The minimum Gasteiger partial charge on any atom is -0.346 e. The monoisotopic (exact) mass is 252 g/mol. The topological polar surface area (TPSA) is 103 Å². The van der Waals surface area contributed by atoms with Crippen molar-refractivity contribution in [3.05, 3.63) is 28.1 Å². The second kappa shape index (κ2) is 4.77. The van der Waals surface area contributed by atoms with Crippen LogP contribution in [-0.4, -0.2) is 27.5 Å². The van der Waals surface area contributed by atoms with E-state index in [1.807, 2.05) is 0 Å². The van der Waals surface area contributed by atoms with Gasteiger partial charge in [-0.15, -0.1) is 0 Å². The number of hydrogen-bond donors (Lipinski definition) is 2. The zero-order valence-corrected chi connectivity index (χ0v) is 10.1. The highest BCUT2D eigenvalue weighted by Gasteiger charge is 2.27. The van der Waals surface area contributed by atoms with Gasteiger partial charge in [-0.3, -0.25) is 14.9 Å². The van der Waals surface area contributed by atoms with E-state index in [0.717, 1.165) is 19.3 Å². The third-order valence-electron chi connectivity index (χ3n) is 3.32. The van der Waals surface area contributed by atoms with Crippen molar-refractivity contribution >= 4 is 11.6 Å². The molecule has 2 rings (SSSR count). The Hall–Kier alpha value is -1.89. The molecule has 2 atom stereocenters. The Morgan fingerprint density at radius 1 is 1.61 bits per heavy atom. The first-order valence-corrected chi connectivity index (χ1v) is 5.86. The van der Waals surface area contributed by atoms with Crippen molar-refractivity contribution in [2.45, 2.75) is 31.3 Å². The molecule has 0 saturated heterocycles. The predicted octanol–water partition coefficient (Wildman–Crippen LogP) is 0.543. The van der Waals surface area contributed by atoms with Gasteiger partial charge >= 0.3 is 0 Å². The number of nitro groups is 1. The normalized spacial score (nSPS) is 23.0. The van der Waals surface area contributed by atoms with Crippen LogP contribution in [0.1, 0.15) is 29.8 Å². The lowest BCUT2D eigenvalue weighted by Crippen LogP contribution is -2.44. The molecule has 1 aromatic rings. The first-order chi connectivity index (χ1) is 8.49. The van der Waals surface area contributed by atoms with E-state index in [-0.39, 0.29) is 29.4 Å². The Morgan fingerprint density at radius 2 is 2.33 bits per heavy atom. The number of carbonyl (C=O) groups is 1. The van der Waals surface area contributed by atoms with Crippen molar-refractivity contribution in [1.29, 1.82) is 0 Å². The molecule has 2 unspecified atom stereocenters. The highest BCUT2D eigenvalue weighted by atomic mass is 16.6. The van der Waals surface area contributed by atoms with Crippen LogP contribution in [0.15, 0.2) is 12.3 Å². The zero-order valence-electron chi connectivity index (χ0n) is 10.1. The summed E-state index contributed by atoms with van der Waals surface area (Å²) in [6.45, 7) is 0. The SMILES string of the molecule is Cn1cc([N+](=O)[O-])cc1C(=O)NC1CCCC1N. The lowest BCUT2D eigenvalue weighted by atomic mass is 10.2. The molecule has 0 spiro atoms. The van der Waals surface area contributed by atoms with Gasteiger partial charge in [-0.1, -0.05) is 0 Å². The average molecular weight is 252 g/mol. The largest absolute Gasteiger partial charge is 0.346 e. The van der Waals surface area contributed by atoms with Crippen LogP contribution < -0.4 is 11.1 Å². The van der Waals surface area contributed by atoms with E-state index in [9.17, 15) is 14.9 Å². The highest BCUT2D eigenvalue weighted by molar-refractivity contribution is 5.93. The number of aryl methyl sites for hydroxylation is 1. The molecule has 0 aliphatic heterocycles. The van der Waals surface area contributed by atoms with Crippen LogP contribution in [-0.2, 0) is 7.05 Å². The molecule has 1 saturated carbocycles. The molecule has 0 radical (unpaired) electrons. The molecule has 1 aliphatic carbocycles. The van der Waals surface area contributed by atoms with E-state index in [2.05, 4.69) is 5.32 Å².